The average molecular weight is 498 g/mol. The highest BCUT2D eigenvalue weighted by Crippen LogP contribution is 2.24. The summed E-state index contributed by atoms with van der Waals surface area (Å²) < 4.78 is 31.8. The van der Waals surface area contributed by atoms with Gasteiger partial charge in [0.25, 0.3) is 21.6 Å². The third-order valence-corrected chi connectivity index (χ3v) is 6.99. The molecule has 0 saturated carbocycles. The minimum atomic E-state index is -3.78. The van der Waals surface area contributed by atoms with Gasteiger partial charge in [-0.1, -0.05) is 23.8 Å². The van der Waals surface area contributed by atoms with Gasteiger partial charge >= 0.3 is 5.97 Å². The molecule has 0 aliphatic heterocycles. The number of rotatable bonds is 8. The van der Waals surface area contributed by atoms with Crippen LogP contribution in [-0.2, 0) is 19.6 Å². The molecule has 35 heavy (non-hydrogen) atoms. The fraction of sp³-hybridized carbons (Fsp3) is 0.167. The minimum Gasteiger partial charge on any atom is -0.452 e. The van der Waals surface area contributed by atoms with E-state index in [1.165, 1.54) is 61.6 Å². The smallest absolute Gasteiger partial charge is 0.338 e. The number of carbonyl (C=O) groups excluding carboxylic acids is 2. The molecule has 0 atom stereocenters. The molecule has 0 saturated heterocycles. The molecule has 0 bridgehead atoms. The standard InChI is InChI=1S/C24H23N3O7S/c1-16-4-12-21(13-5-16)35(32,33)26(3)19-10-7-18(8-11-19)24(29)34-15-23(28)25-22-14-20(27(30)31)9-6-17(22)2/h4-14H,15H2,1-3H3,(H,25,28). The Labute approximate surface area is 202 Å². The Kier molecular flexibility index (Phi) is 7.50. The Morgan fingerprint density at radius 1 is 1.00 bits per heavy atom. The lowest BCUT2D eigenvalue weighted by atomic mass is 10.2. The van der Waals surface area contributed by atoms with Crippen molar-refractivity contribution >= 4 is 39.0 Å². The number of carbonyl (C=O) groups is 2. The van der Waals surface area contributed by atoms with Crippen molar-refractivity contribution in [2.75, 3.05) is 23.3 Å². The molecule has 1 N–H and O–H groups in total. The highest BCUT2D eigenvalue weighted by molar-refractivity contribution is 7.92. The first kappa shape index (κ1) is 25.4. The van der Waals surface area contributed by atoms with Crippen molar-refractivity contribution in [3.63, 3.8) is 0 Å². The predicted octanol–water partition coefficient (Wildman–Crippen LogP) is 3.83. The lowest BCUT2D eigenvalue weighted by molar-refractivity contribution is -0.384. The molecule has 0 aliphatic rings. The predicted molar refractivity (Wildman–Crippen MR) is 130 cm³/mol. The number of hydrogen-bond donors (Lipinski definition) is 1. The van der Waals surface area contributed by atoms with Crippen molar-refractivity contribution in [2.24, 2.45) is 0 Å². The first-order valence-corrected chi connectivity index (χ1v) is 11.8. The summed E-state index contributed by atoms with van der Waals surface area (Å²) in [6, 6.07) is 16.2. The summed E-state index contributed by atoms with van der Waals surface area (Å²) in [4.78, 5) is 35.0. The monoisotopic (exact) mass is 497 g/mol. The van der Waals surface area contributed by atoms with Crippen LogP contribution in [0.5, 0.6) is 0 Å². The molecule has 0 aromatic heterocycles. The number of aryl methyl sites for hydroxylation is 2. The molecule has 182 valence electrons. The molecule has 0 aliphatic carbocycles. The highest BCUT2D eigenvalue weighted by Gasteiger charge is 2.21. The van der Waals surface area contributed by atoms with Gasteiger partial charge in [0.05, 0.1) is 26.8 Å². The maximum absolute atomic E-state index is 12.8. The molecule has 1 amide bonds. The third kappa shape index (κ3) is 6.01. The SMILES string of the molecule is Cc1ccc(S(=O)(=O)N(C)c2ccc(C(=O)OCC(=O)Nc3cc([N+](=O)[O-])ccc3C)cc2)cc1. The molecular formula is C24H23N3O7S. The zero-order valence-corrected chi connectivity index (χ0v) is 20.0. The Morgan fingerprint density at radius 3 is 2.23 bits per heavy atom. The number of non-ortho nitro benzene ring substituents is 1. The maximum Gasteiger partial charge on any atom is 0.338 e. The van der Waals surface area contributed by atoms with Crippen molar-refractivity contribution in [1.82, 2.24) is 0 Å². The maximum atomic E-state index is 12.8. The lowest BCUT2D eigenvalue weighted by Gasteiger charge is -2.19. The molecule has 3 aromatic carbocycles. The molecule has 0 spiro atoms. The molecule has 0 unspecified atom stereocenters. The lowest BCUT2D eigenvalue weighted by Crippen LogP contribution is -2.26. The van der Waals surface area contributed by atoms with E-state index in [4.69, 9.17) is 4.74 Å². The van der Waals surface area contributed by atoms with Crippen LogP contribution in [-0.4, -0.2) is 38.9 Å². The van der Waals surface area contributed by atoms with Crippen LogP contribution in [0.1, 0.15) is 21.5 Å². The Balaban J connectivity index is 1.62. The topological polar surface area (TPSA) is 136 Å². The van der Waals surface area contributed by atoms with E-state index < -0.39 is 33.4 Å². The van der Waals surface area contributed by atoms with Gasteiger partial charge in [-0.15, -0.1) is 0 Å². The normalized spacial score (nSPS) is 10.9. The summed E-state index contributed by atoms with van der Waals surface area (Å²) >= 11 is 0. The summed E-state index contributed by atoms with van der Waals surface area (Å²) in [6.07, 6.45) is 0. The Hall–Kier alpha value is -4.25. The number of hydrogen-bond acceptors (Lipinski definition) is 7. The van der Waals surface area contributed by atoms with Crippen LogP contribution in [0, 0.1) is 24.0 Å². The highest BCUT2D eigenvalue weighted by atomic mass is 32.2. The van der Waals surface area contributed by atoms with E-state index in [9.17, 15) is 28.1 Å². The Morgan fingerprint density at radius 2 is 1.63 bits per heavy atom. The minimum absolute atomic E-state index is 0.120. The van der Waals surface area contributed by atoms with Gasteiger partial charge in [0.2, 0.25) is 0 Å². The number of sulfonamides is 1. The van der Waals surface area contributed by atoms with Crippen molar-refractivity contribution in [1.29, 1.82) is 0 Å². The molecule has 3 aromatic rings. The van der Waals surface area contributed by atoms with Crippen LogP contribution in [0.25, 0.3) is 0 Å². The zero-order valence-electron chi connectivity index (χ0n) is 19.2. The van der Waals surface area contributed by atoms with Gasteiger partial charge in [0, 0.05) is 19.2 Å². The van der Waals surface area contributed by atoms with Crippen LogP contribution < -0.4 is 9.62 Å². The second kappa shape index (κ2) is 10.3. The first-order valence-electron chi connectivity index (χ1n) is 10.4. The summed E-state index contributed by atoms with van der Waals surface area (Å²) in [5.74, 6) is -1.45. The Bertz CT molecular complexity index is 1370. The summed E-state index contributed by atoms with van der Waals surface area (Å²) in [5.41, 5.74) is 2.05. The number of nitro benzene ring substituents is 1. The van der Waals surface area contributed by atoms with Crippen molar-refractivity contribution in [3.05, 3.63) is 93.5 Å². The van der Waals surface area contributed by atoms with Crippen LogP contribution in [0.15, 0.2) is 71.6 Å². The van der Waals surface area contributed by atoms with Crippen LogP contribution in [0.3, 0.4) is 0 Å². The summed E-state index contributed by atoms with van der Waals surface area (Å²) in [7, 11) is -2.38. The van der Waals surface area contributed by atoms with E-state index in [1.807, 2.05) is 6.92 Å². The molecule has 0 heterocycles. The number of nitrogens with one attached hydrogen (secondary N) is 1. The molecule has 3 rings (SSSR count). The molecule has 10 nitrogen and oxygen atoms in total. The molecule has 0 radical (unpaired) electrons. The number of benzene rings is 3. The van der Waals surface area contributed by atoms with Gasteiger partial charge in [-0.05, 0) is 55.8 Å². The van der Waals surface area contributed by atoms with Gasteiger partial charge in [-0.25, -0.2) is 13.2 Å². The summed E-state index contributed by atoms with van der Waals surface area (Å²) in [6.45, 7) is 2.92. The van der Waals surface area contributed by atoms with Crippen molar-refractivity contribution < 1.29 is 27.7 Å². The number of nitro groups is 1. The molecule has 11 heteroatoms. The van der Waals surface area contributed by atoms with E-state index in [-0.39, 0.29) is 21.8 Å². The average Bonchev–Trinajstić information content (AvgIpc) is 2.83. The number of nitrogens with zero attached hydrogens (tertiary/aromatic N) is 2. The quantitative estimate of drug-likeness (QED) is 0.284. The number of ether oxygens (including phenoxy) is 1. The third-order valence-electron chi connectivity index (χ3n) is 5.19. The fourth-order valence-electron chi connectivity index (χ4n) is 3.07. The second-order valence-electron chi connectivity index (χ2n) is 7.71. The van der Waals surface area contributed by atoms with E-state index >= 15 is 0 Å². The molecule has 0 fully saturated rings. The zero-order chi connectivity index (χ0) is 25.8. The fourth-order valence-corrected chi connectivity index (χ4v) is 4.27. The van der Waals surface area contributed by atoms with Crippen molar-refractivity contribution in [3.8, 4) is 0 Å². The molecular weight excluding hydrogens is 474 g/mol. The van der Waals surface area contributed by atoms with E-state index in [2.05, 4.69) is 5.32 Å². The van der Waals surface area contributed by atoms with E-state index in [0.29, 0.717) is 11.3 Å². The van der Waals surface area contributed by atoms with Gasteiger partial charge in [-0.3, -0.25) is 19.2 Å². The van der Waals surface area contributed by atoms with E-state index in [1.54, 1.807) is 19.1 Å². The largest absolute Gasteiger partial charge is 0.452 e. The number of anilines is 2. The summed E-state index contributed by atoms with van der Waals surface area (Å²) in [5, 5.41) is 13.4. The van der Waals surface area contributed by atoms with Crippen LogP contribution >= 0.6 is 0 Å². The van der Waals surface area contributed by atoms with Gasteiger partial charge < -0.3 is 10.1 Å². The van der Waals surface area contributed by atoms with Crippen LogP contribution in [0.4, 0.5) is 17.1 Å². The second-order valence-corrected chi connectivity index (χ2v) is 9.68. The van der Waals surface area contributed by atoms with Gasteiger partial charge in [0.1, 0.15) is 0 Å². The van der Waals surface area contributed by atoms with Gasteiger partial charge in [0.15, 0.2) is 6.61 Å². The van der Waals surface area contributed by atoms with Crippen LogP contribution in [0.2, 0.25) is 0 Å². The van der Waals surface area contributed by atoms with Gasteiger partial charge in [-0.2, -0.15) is 0 Å². The number of amides is 1. The van der Waals surface area contributed by atoms with Crippen molar-refractivity contribution in [2.45, 2.75) is 18.7 Å². The van der Waals surface area contributed by atoms with E-state index in [0.717, 1.165) is 9.87 Å². The first-order chi connectivity index (χ1) is 16.5. The number of esters is 1.